The Morgan fingerprint density at radius 1 is 1.00 bits per heavy atom. The van der Waals surface area contributed by atoms with E-state index in [0.717, 1.165) is 5.56 Å². The third-order valence-corrected chi connectivity index (χ3v) is 7.39. The summed E-state index contributed by atoms with van der Waals surface area (Å²) in [5.74, 6) is 0.00651. The average Bonchev–Trinajstić information content (AvgIpc) is 2.77. The second kappa shape index (κ2) is 9.81. The molecule has 0 aliphatic carbocycles. The molecule has 168 valence electrons. The third kappa shape index (κ3) is 5.35. The molecule has 0 saturated heterocycles. The number of anilines is 2. The molecule has 0 saturated carbocycles. The topological polar surface area (TPSA) is 75.7 Å². The summed E-state index contributed by atoms with van der Waals surface area (Å²) in [6.45, 7) is 3.49. The Hall–Kier alpha value is -2.74. The first-order valence-electron chi connectivity index (χ1n) is 9.67. The SMILES string of the molecule is Cc1ccc(S(=O)(=O)N(C)c2ccc(O[C@@H](C)C(=O)Nc3cccc(Cl)c3Cl)cc2)cc1. The van der Waals surface area contributed by atoms with E-state index in [1.807, 2.05) is 6.92 Å². The van der Waals surface area contributed by atoms with E-state index in [9.17, 15) is 13.2 Å². The zero-order valence-corrected chi connectivity index (χ0v) is 20.0. The number of nitrogens with one attached hydrogen (secondary N) is 1. The zero-order chi connectivity index (χ0) is 23.5. The van der Waals surface area contributed by atoms with E-state index in [1.165, 1.54) is 11.4 Å². The molecule has 0 heterocycles. The van der Waals surface area contributed by atoms with Gasteiger partial charge < -0.3 is 10.1 Å². The van der Waals surface area contributed by atoms with E-state index < -0.39 is 22.0 Å². The van der Waals surface area contributed by atoms with Crippen LogP contribution in [0, 0.1) is 6.92 Å². The van der Waals surface area contributed by atoms with Gasteiger partial charge in [0, 0.05) is 7.05 Å². The molecule has 1 amide bonds. The number of carbonyl (C=O) groups is 1. The van der Waals surface area contributed by atoms with Crippen molar-refractivity contribution in [3.05, 3.63) is 82.3 Å². The molecular weight excluding hydrogens is 471 g/mol. The summed E-state index contributed by atoms with van der Waals surface area (Å²) in [5, 5.41) is 3.25. The smallest absolute Gasteiger partial charge is 0.265 e. The molecule has 3 aromatic rings. The maximum atomic E-state index is 12.8. The number of hydrogen-bond donors (Lipinski definition) is 1. The number of nitrogens with zero attached hydrogens (tertiary/aromatic N) is 1. The van der Waals surface area contributed by atoms with Crippen LogP contribution in [-0.2, 0) is 14.8 Å². The van der Waals surface area contributed by atoms with Crippen molar-refractivity contribution in [3.8, 4) is 5.75 Å². The summed E-state index contributed by atoms with van der Waals surface area (Å²) < 4.78 is 32.6. The minimum absolute atomic E-state index is 0.205. The van der Waals surface area contributed by atoms with E-state index in [1.54, 1.807) is 73.7 Å². The van der Waals surface area contributed by atoms with E-state index >= 15 is 0 Å². The summed E-state index contributed by atoms with van der Waals surface area (Å²) in [5.41, 5.74) is 1.82. The van der Waals surface area contributed by atoms with E-state index in [0.29, 0.717) is 22.1 Å². The Morgan fingerprint density at radius 2 is 1.62 bits per heavy atom. The largest absolute Gasteiger partial charge is 0.481 e. The highest BCUT2D eigenvalue weighted by Gasteiger charge is 2.22. The summed E-state index contributed by atoms with van der Waals surface area (Å²) in [7, 11) is -2.21. The van der Waals surface area contributed by atoms with Crippen LogP contribution in [0.1, 0.15) is 12.5 Å². The van der Waals surface area contributed by atoms with Crippen LogP contribution in [0.2, 0.25) is 10.0 Å². The lowest BCUT2D eigenvalue weighted by molar-refractivity contribution is -0.122. The number of benzene rings is 3. The molecular formula is C23H22Cl2N2O4S. The van der Waals surface area contributed by atoms with Gasteiger partial charge >= 0.3 is 0 Å². The van der Waals surface area contributed by atoms with Gasteiger partial charge in [-0.25, -0.2) is 8.42 Å². The number of hydrogen-bond acceptors (Lipinski definition) is 4. The second-order valence-corrected chi connectivity index (χ2v) is 9.88. The predicted molar refractivity (Wildman–Crippen MR) is 128 cm³/mol. The fourth-order valence-electron chi connectivity index (χ4n) is 2.83. The molecule has 1 atom stereocenters. The highest BCUT2D eigenvalue weighted by Crippen LogP contribution is 2.30. The Kier molecular flexibility index (Phi) is 7.33. The fourth-order valence-corrected chi connectivity index (χ4v) is 4.38. The van der Waals surface area contributed by atoms with Crippen molar-refractivity contribution >= 4 is 50.5 Å². The van der Waals surface area contributed by atoms with Gasteiger partial charge in [-0.05, 0) is 62.4 Å². The van der Waals surface area contributed by atoms with Gasteiger partial charge in [-0.15, -0.1) is 0 Å². The van der Waals surface area contributed by atoms with Crippen molar-refractivity contribution in [2.75, 3.05) is 16.7 Å². The predicted octanol–water partition coefficient (Wildman–Crippen LogP) is 5.53. The first kappa shape index (κ1) is 23.9. The van der Waals surface area contributed by atoms with Crippen LogP contribution in [-0.4, -0.2) is 27.5 Å². The first-order valence-corrected chi connectivity index (χ1v) is 11.9. The Labute approximate surface area is 197 Å². The molecule has 0 fully saturated rings. The quantitative estimate of drug-likeness (QED) is 0.470. The van der Waals surface area contributed by atoms with Crippen LogP contribution in [0.25, 0.3) is 0 Å². The van der Waals surface area contributed by atoms with Gasteiger partial charge in [0.2, 0.25) is 0 Å². The Morgan fingerprint density at radius 3 is 2.25 bits per heavy atom. The monoisotopic (exact) mass is 492 g/mol. The molecule has 0 aromatic heterocycles. The van der Waals surface area contributed by atoms with E-state index in [-0.39, 0.29) is 9.92 Å². The number of halogens is 2. The Balaban J connectivity index is 1.67. The molecule has 0 spiro atoms. The molecule has 0 aliphatic heterocycles. The van der Waals surface area contributed by atoms with E-state index in [4.69, 9.17) is 27.9 Å². The van der Waals surface area contributed by atoms with Crippen LogP contribution < -0.4 is 14.4 Å². The maximum absolute atomic E-state index is 12.8. The Bertz CT molecular complexity index is 1210. The number of carbonyl (C=O) groups excluding carboxylic acids is 1. The number of sulfonamides is 1. The van der Waals surface area contributed by atoms with Gasteiger partial charge in [0.1, 0.15) is 5.75 Å². The van der Waals surface area contributed by atoms with Gasteiger partial charge in [-0.3, -0.25) is 9.10 Å². The summed E-state index contributed by atoms with van der Waals surface area (Å²) in [4.78, 5) is 12.6. The minimum atomic E-state index is -3.70. The van der Waals surface area contributed by atoms with Crippen LogP contribution in [0.15, 0.2) is 71.6 Å². The van der Waals surface area contributed by atoms with Gasteiger partial charge in [-0.1, -0.05) is 47.0 Å². The van der Waals surface area contributed by atoms with Crippen molar-refractivity contribution in [2.24, 2.45) is 0 Å². The number of aryl methyl sites for hydroxylation is 1. The standard InChI is InChI=1S/C23H22Cl2N2O4S/c1-15-7-13-19(14-8-15)32(29,30)27(3)17-9-11-18(12-10-17)31-16(2)23(28)26-21-6-4-5-20(24)22(21)25/h4-14,16H,1-3H3,(H,26,28)/t16-/m0/s1. The van der Waals surface area contributed by atoms with Crippen molar-refractivity contribution in [2.45, 2.75) is 24.8 Å². The van der Waals surface area contributed by atoms with Crippen molar-refractivity contribution in [1.82, 2.24) is 0 Å². The summed E-state index contributed by atoms with van der Waals surface area (Å²) in [6, 6.07) is 18.0. The molecule has 3 aromatic carbocycles. The van der Waals surface area contributed by atoms with Gasteiger partial charge in [-0.2, -0.15) is 0 Å². The molecule has 0 aliphatic rings. The van der Waals surface area contributed by atoms with Crippen molar-refractivity contribution in [3.63, 3.8) is 0 Å². The van der Waals surface area contributed by atoms with Crippen LogP contribution in [0.4, 0.5) is 11.4 Å². The highest BCUT2D eigenvalue weighted by molar-refractivity contribution is 7.92. The van der Waals surface area contributed by atoms with Crippen molar-refractivity contribution < 1.29 is 17.9 Å². The molecule has 0 bridgehead atoms. The molecule has 0 radical (unpaired) electrons. The maximum Gasteiger partial charge on any atom is 0.265 e. The van der Waals surface area contributed by atoms with Gasteiger partial charge in [0.25, 0.3) is 15.9 Å². The zero-order valence-electron chi connectivity index (χ0n) is 17.7. The lowest BCUT2D eigenvalue weighted by Gasteiger charge is -2.20. The van der Waals surface area contributed by atoms with E-state index in [2.05, 4.69) is 5.32 Å². The summed E-state index contributed by atoms with van der Waals surface area (Å²) in [6.07, 6.45) is -0.829. The first-order chi connectivity index (χ1) is 15.1. The minimum Gasteiger partial charge on any atom is -0.481 e. The van der Waals surface area contributed by atoms with Crippen molar-refractivity contribution in [1.29, 1.82) is 0 Å². The highest BCUT2D eigenvalue weighted by atomic mass is 35.5. The molecule has 0 unspecified atom stereocenters. The lowest BCUT2D eigenvalue weighted by atomic mass is 10.2. The third-order valence-electron chi connectivity index (χ3n) is 4.77. The lowest BCUT2D eigenvalue weighted by Crippen LogP contribution is -2.30. The van der Waals surface area contributed by atoms with Crippen LogP contribution >= 0.6 is 23.2 Å². The fraction of sp³-hybridized carbons (Fsp3) is 0.174. The number of amides is 1. The molecule has 9 heteroatoms. The van der Waals surface area contributed by atoms with Crippen LogP contribution in [0.5, 0.6) is 5.75 Å². The second-order valence-electron chi connectivity index (χ2n) is 7.13. The molecule has 3 rings (SSSR count). The molecule has 6 nitrogen and oxygen atoms in total. The molecule has 1 N–H and O–H groups in total. The van der Waals surface area contributed by atoms with Crippen LogP contribution in [0.3, 0.4) is 0 Å². The average molecular weight is 493 g/mol. The summed E-state index contributed by atoms with van der Waals surface area (Å²) >= 11 is 12.1. The van der Waals surface area contributed by atoms with Gasteiger partial charge in [0.05, 0.1) is 26.3 Å². The van der Waals surface area contributed by atoms with Gasteiger partial charge in [0.15, 0.2) is 6.10 Å². The normalized spacial score (nSPS) is 12.2. The number of rotatable bonds is 7. The number of ether oxygens (including phenoxy) is 1. The molecule has 32 heavy (non-hydrogen) atoms.